The Hall–Kier alpha value is -5.59. The largest absolute Gasteiger partial charge is 0.309 e. The summed E-state index contributed by atoms with van der Waals surface area (Å²) in [6.07, 6.45) is 0. The third kappa shape index (κ3) is 3.30. The summed E-state index contributed by atoms with van der Waals surface area (Å²) < 4.78 is 4.65. The number of nitriles is 1. The molecule has 0 aliphatic heterocycles. The molecule has 40 heavy (non-hydrogen) atoms. The summed E-state index contributed by atoms with van der Waals surface area (Å²) in [6, 6.07) is 51.4. The molecule has 0 bridgehead atoms. The number of hydrogen-bond acceptors (Lipinski definition) is 1. The molecule has 8 aromatic rings. The molecule has 0 radical (unpaired) electrons. The summed E-state index contributed by atoms with van der Waals surface area (Å²) in [5.74, 6) is 0. The van der Waals surface area contributed by atoms with Gasteiger partial charge in [-0.05, 0) is 77.9 Å². The Balaban J connectivity index is 1.36. The van der Waals surface area contributed by atoms with Crippen LogP contribution in [-0.4, -0.2) is 9.13 Å². The van der Waals surface area contributed by atoms with E-state index in [2.05, 4.69) is 130 Å². The predicted octanol–water partition coefficient (Wildman–Crippen LogP) is 9.42. The first-order valence-electron chi connectivity index (χ1n) is 13.4. The Morgan fingerprint density at radius 1 is 0.400 bits per heavy atom. The van der Waals surface area contributed by atoms with Crippen molar-refractivity contribution in [3.8, 4) is 28.6 Å². The van der Waals surface area contributed by atoms with E-state index in [1.165, 1.54) is 43.7 Å². The molecule has 6 aromatic carbocycles. The minimum Gasteiger partial charge on any atom is -0.309 e. The second-order valence-electron chi connectivity index (χ2n) is 10.2. The summed E-state index contributed by atoms with van der Waals surface area (Å²) in [7, 11) is 0. The molecule has 3 nitrogen and oxygen atoms in total. The molecule has 0 aliphatic carbocycles. The zero-order valence-corrected chi connectivity index (χ0v) is 21.6. The van der Waals surface area contributed by atoms with Gasteiger partial charge in [0.05, 0.1) is 33.7 Å². The van der Waals surface area contributed by atoms with Crippen molar-refractivity contribution < 1.29 is 0 Å². The van der Waals surface area contributed by atoms with E-state index >= 15 is 0 Å². The summed E-state index contributed by atoms with van der Waals surface area (Å²) in [5.41, 5.74) is 9.93. The normalized spacial score (nSPS) is 11.5. The Bertz CT molecular complexity index is 2260. The highest BCUT2D eigenvalue weighted by Crippen LogP contribution is 2.38. The predicted molar refractivity (Wildman–Crippen MR) is 165 cm³/mol. The molecule has 2 aromatic heterocycles. The van der Waals surface area contributed by atoms with E-state index in [1.807, 2.05) is 24.3 Å². The quantitative estimate of drug-likeness (QED) is 0.233. The van der Waals surface area contributed by atoms with E-state index < -0.39 is 0 Å². The minimum atomic E-state index is 0.660. The summed E-state index contributed by atoms with van der Waals surface area (Å²) >= 11 is 0. The lowest BCUT2D eigenvalue weighted by Gasteiger charge is -2.10. The third-order valence-electron chi connectivity index (χ3n) is 7.95. The number of para-hydroxylation sites is 3. The van der Waals surface area contributed by atoms with Gasteiger partial charge in [0.25, 0.3) is 0 Å². The van der Waals surface area contributed by atoms with Crippen molar-refractivity contribution in [2.75, 3.05) is 0 Å². The molecule has 0 N–H and O–H groups in total. The second kappa shape index (κ2) is 8.73. The molecule has 0 unspecified atom stereocenters. The van der Waals surface area contributed by atoms with Crippen LogP contribution < -0.4 is 0 Å². The van der Waals surface area contributed by atoms with Crippen LogP contribution in [0, 0.1) is 11.3 Å². The van der Waals surface area contributed by atoms with E-state index in [9.17, 15) is 5.26 Å². The number of fused-ring (bicyclic) bond motifs is 6. The maximum Gasteiger partial charge on any atom is 0.0991 e. The molecular weight excluding hydrogens is 486 g/mol. The van der Waals surface area contributed by atoms with Gasteiger partial charge in [0.2, 0.25) is 0 Å². The molecular formula is C37H23N3. The summed E-state index contributed by atoms with van der Waals surface area (Å²) in [4.78, 5) is 0. The molecule has 0 fully saturated rings. The van der Waals surface area contributed by atoms with Crippen LogP contribution in [0.3, 0.4) is 0 Å². The minimum absolute atomic E-state index is 0.660. The zero-order valence-electron chi connectivity index (χ0n) is 21.6. The SMILES string of the molecule is N#Cc1ccc(-n2c3ccccc3c3ccc(-c4ccc5c(c4)c4ccccc4n5-c4ccccc4)cc32)cc1. The number of nitrogens with zero attached hydrogens (tertiary/aromatic N) is 3. The molecule has 0 saturated heterocycles. The smallest absolute Gasteiger partial charge is 0.0991 e. The number of rotatable bonds is 3. The monoisotopic (exact) mass is 509 g/mol. The highest BCUT2D eigenvalue weighted by atomic mass is 15.0. The highest BCUT2D eigenvalue weighted by molar-refractivity contribution is 6.12. The Morgan fingerprint density at radius 3 is 1.65 bits per heavy atom. The molecule has 0 amide bonds. The van der Waals surface area contributed by atoms with Crippen molar-refractivity contribution in [2.24, 2.45) is 0 Å². The first kappa shape index (κ1) is 22.4. The summed E-state index contributed by atoms with van der Waals surface area (Å²) in [5, 5.41) is 14.2. The van der Waals surface area contributed by atoms with Crippen molar-refractivity contribution in [3.05, 3.63) is 145 Å². The molecule has 8 rings (SSSR count). The molecule has 0 aliphatic rings. The van der Waals surface area contributed by atoms with Gasteiger partial charge in [-0.1, -0.05) is 72.8 Å². The Kier molecular flexibility index (Phi) is 4.89. The first-order chi connectivity index (χ1) is 19.8. The fraction of sp³-hybridized carbons (Fsp3) is 0. The highest BCUT2D eigenvalue weighted by Gasteiger charge is 2.15. The topological polar surface area (TPSA) is 33.6 Å². The summed E-state index contributed by atoms with van der Waals surface area (Å²) in [6.45, 7) is 0. The second-order valence-corrected chi connectivity index (χ2v) is 10.2. The fourth-order valence-corrected chi connectivity index (χ4v) is 6.12. The molecule has 0 saturated carbocycles. The Morgan fingerprint density at radius 2 is 0.925 bits per heavy atom. The first-order valence-corrected chi connectivity index (χ1v) is 13.4. The van der Waals surface area contributed by atoms with Crippen LogP contribution in [-0.2, 0) is 0 Å². The van der Waals surface area contributed by atoms with Gasteiger partial charge in [0.1, 0.15) is 0 Å². The van der Waals surface area contributed by atoms with Crippen molar-refractivity contribution in [1.82, 2.24) is 9.13 Å². The number of aromatic nitrogens is 2. The molecule has 2 heterocycles. The van der Waals surface area contributed by atoms with Crippen LogP contribution in [0.2, 0.25) is 0 Å². The van der Waals surface area contributed by atoms with Crippen LogP contribution >= 0.6 is 0 Å². The van der Waals surface area contributed by atoms with Gasteiger partial charge in [-0.3, -0.25) is 0 Å². The van der Waals surface area contributed by atoms with Crippen molar-refractivity contribution >= 4 is 43.6 Å². The van der Waals surface area contributed by atoms with Gasteiger partial charge in [0.15, 0.2) is 0 Å². The van der Waals surface area contributed by atoms with Crippen molar-refractivity contribution in [3.63, 3.8) is 0 Å². The number of benzene rings is 6. The van der Waals surface area contributed by atoms with Gasteiger partial charge < -0.3 is 9.13 Å². The van der Waals surface area contributed by atoms with Crippen molar-refractivity contribution in [2.45, 2.75) is 0 Å². The van der Waals surface area contributed by atoms with Gasteiger partial charge in [0, 0.05) is 32.9 Å². The van der Waals surface area contributed by atoms with Gasteiger partial charge in [-0.2, -0.15) is 5.26 Å². The Labute approximate surface area is 231 Å². The average molecular weight is 510 g/mol. The van der Waals surface area contributed by atoms with Crippen LogP contribution in [0.5, 0.6) is 0 Å². The zero-order chi connectivity index (χ0) is 26.6. The van der Waals surface area contributed by atoms with Crippen molar-refractivity contribution in [1.29, 1.82) is 5.26 Å². The number of hydrogen-bond donors (Lipinski definition) is 0. The third-order valence-corrected chi connectivity index (χ3v) is 7.95. The molecule has 186 valence electrons. The van der Waals surface area contributed by atoms with Gasteiger partial charge in [-0.25, -0.2) is 0 Å². The van der Waals surface area contributed by atoms with Gasteiger partial charge in [-0.15, -0.1) is 0 Å². The van der Waals surface area contributed by atoms with Crippen LogP contribution in [0.25, 0.3) is 66.1 Å². The molecule has 0 spiro atoms. The van der Waals surface area contributed by atoms with Crippen LogP contribution in [0.1, 0.15) is 5.56 Å². The van der Waals surface area contributed by atoms with E-state index in [1.54, 1.807) is 0 Å². The van der Waals surface area contributed by atoms with Crippen LogP contribution in [0.15, 0.2) is 140 Å². The lowest BCUT2D eigenvalue weighted by molar-refractivity contribution is 1.18. The van der Waals surface area contributed by atoms with Crippen LogP contribution in [0.4, 0.5) is 0 Å². The maximum atomic E-state index is 9.31. The maximum absolute atomic E-state index is 9.31. The van der Waals surface area contributed by atoms with E-state index in [0.717, 1.165) is 22.4 Å². The van der Waals surface area contributed by atoms with E-state index in [-0.39, 0.29) is 0 Å². The van der Waals surface area contributed by atoms with E-state index in [4.69, 9.17) is 0 Å². The molecule has 0 atom stereocenters. The average Bonchev–Trinajstić information content (AvgIpc) is 3.53. The molecule has 3 heteroatoms. The van der Waals surface area contributed by atoms with E-state index in [0.29, 0.717) is 5.56 Å². The lowest BCUT2D eigenvalue weighted by Crippen LogP contribution is -1.94. The lowest BCUT2D eigenvalue weighted by atomic mass is 10.0. The van der Waals surface area contributed by atoms with Gasteiger partial charge >= 0.3 is 0 Å². The fourth-order valence-electron chi connectivity index (χ4n) is 6.12. The standard InChI is InChI=1S/C37H23N3/c38-24-25-14-18-29(19-15-25)40-34-12-6-4-10-30(34)32-20-16-27(23-37(32)40)26-17-21-36-33(22-26)31-11-5-7-13-35(31)39(36)28-8-2-1-3-9-28/h1-23H.